The van der Waals surface area contributed by atoms with E-state index in [0.717, 1.165) is 19.0 Å². The van der Waals surface area contributed by atoms with E-state index < -0.39 is 0 Å². The van der Waals surface area contributed by atoms with Gasteiger partial charge in [-0.05, 0) is 26.2 Å². The Balaban J connectivity index is 1.58. The molecular weight excluding hydrogens is 306 g/mol. The van der Waals surface area contributed by atoms with Gasteiger partial charge < -0.3 is 19.9 Å². The first kappa shape index (κ1) is 17.2. The SMILES string of the molecule is CCO[C@@H]1C[C@H](NC(=NC)NCc2noc(C)n2)C12CCCCC2. The number of nitrogens with one attached hydrogen (secondary N) is 2. The van der Waals surface area contributed by atoms with Gasteiger partial charge in [-0.15, -0.1) is 0 Å². The molecule has 1 spiro atoms. The normalized spacial score (nSPS) is 26.2. The van der Waals surface area contributed by atoms with E-state index in [1.54, 1.807) is 14.0 Å². The maximum absolute atomic E-state index is 6.02. The lowest BCUT2D eigenvalue weighted by Gasteiger charge is -2.57. The zero-order valence-corrected chi connectivity index (χ0v) is 15.0. The van der Waals surface area contributed by atoms with Crippen molar-refractivity contribution in [3.8, 4) is 0 Å². The molecule has 7 heteroatoms. The highest BCUT2D eigenvalue weighted by Gasteiger charge is 2.55. The smallest absolute Gasteiger partial charge is 0.223 e. The quantitative estimate of drug-likeness (QED) is 0.634. The molecule has 3 rings (SSSR count). The lowest BCUT2D eigenvalue weighted by Crippen LogP contribution is -2.66. The second-order valence-corrected chi connectivity index (χ2v) is 6.83. The van der Waals surface area contributed by atoms with E-state index in [9.17, 15) is 0 Å². The van der Waals surface area contributed by atoms with E-state index in [2.05, 4.69) is 32.7 Å². The molecular formula is C17H29N5O2. The summed E-state index contributed by atoms with van der Waals surface area (Å²) in [5.41, 5.74) is 0.272. The van der Waals surface area contributed by atoms with E-state index in [4.69, 9.17) is 9.26 Å². The van der Waals surface area contributed by atoms with Crippen LogP contribution >= 0.6 is 0 Å². The number of aryl methyl sites for hydroxylation is 1. The van der Waals surface area contributed by atoms with E-state index in [1.807, 2.05) is 0 Å². The van der Waals surface area contributed by atoms with Gasteiger partial charge in [-0.25, -0.2) is 0 Å². The Morgan fingerprint density at radius 3 is 2.79 bits per heavy atom. The van der Waals surface area contributed by atoms with Crippen LogP contribution in [0.2, 0.25) is 0 Å². The van der Waals surface area contributed by atoms with Crippen molar-refractivity contribution in [2.45, 2.75) is 71.1 Å². The number of rotatable bonds is 5. The molecule has 2 fully saturated rings. The fraction of sp³-hybridized carbons (Fsp3) is 0.824. The van der Waals surface area contributed by atoms with Gasteiger partial charge in [0.15, 0.2) is 11.8 Å². The van der Waals surface area contributed by atoms with E-state index >= 15 is 0 Å². The van der Waals surface area contributed by atoms with Crippen molar-refractivity contribution in [1.82, 2.24) is 20.8 Å². The minimum Gasteiger partial charge on any atom is -0.378 e. The number of ether oxygens (including phenoxy) is 1. The Labute approximate surface area is 143 Å². The summed E-state index contributed by atoms with van der Waals surface area (Å²) < 4.78 is 11.0. The zero-order valence-electron chi connectivity index (χ0n) is 15.0. The van der Waals surface area contributed by atoms with Gasteiger partial charge in [0.2, 0.25) is 5.89 Å². The van der Waals surface area contributed by atoms with Gasteiger partial charge in [-0.2, -0.15) is 4.98 Å². The molecule has 7 nitrogen and oxygen atoms in total. The third-order valence-electron chi connectivity index (χ3n) is 5.46. The average Bonchev–Trinajstić information content (AvgIpc) is 3.03. The van der Waals surface area contributed by atoms with Gasteiger partial charge in [0, 0.05) is 32.0 Å². The minimum absolute atomic E-state index is 0.272. The molecule has 134 valence electrons. The maximum Gasteiger partial charge on any atom is 0.223 e. The third-order valence-corrected chi connectivity index (χ3v) is 5.46. The molecule has 2 N–H and O–H groups in total. The second-order valence-electron chi connectivity index (χ2n) is 6.83. The molecule has 1 heterocycles. The lowest BCUT2D eigenvalue weighted by molar-refractivity contribution is -0.145. The number of aromatic nitrogens is 2. The van der Waals surface area contributed by atoms with Crippen LogP contribution in [0.4, 0.5) is 0 Å². The van der Waals surface area contributed by atoms with Crippen LogP contribution < -0.4 is 10.6 Å². The number of nitrogens with zero attached hydrogens (tertiary/aromatic N) is 3. The molecule has 0 saturated heterocycles. The van der Waals surface area contributed by atoms with Gasteiger partial charge >= 0.3 is 0 Å². The van der Waals surface area contributed by atoms with E-state index in [0.29, 0.717) is 30.4 Å². The van der Waals surface area contributed by atoms with Crippen molar-refractivity contribution in [2.75, 3.05) is 13.7 Å². The Morgan fingerprint density at radius 1 is 1.38 bits per heavy atom. The molecule has 0 unspecified atom stereocenters. The third kappa shape index (κ3) is 3.41. The highest BCUT2D eigenvalue weighted by Crippen LogP contribution is 2.53. The number of aliphatic imine (C=N–C) groups is 1. The molecule has 0 bridgehead atoms. The van der Waals surface area contributed by atoms with Crippen molar-refractivity contribution < 1.29 is 9.26 Å². The van der Waals surface area contributed by atoms with E-state index in [-0.39, 0.29) is 5.41 Å². The summed E-state index contributed by atoms with van der Waals surface area (Å²) in [4.78, 5) is 8.56. The van der Waals surface area contributed by atoms with Crippen LogP contribution in [0.25, 0.3) is 0 Å². The molecule has 0 aliphatic heterocycles. The Morgan fingerprint density at radius 2 is 2.17 bits per heavy atom. The highest BCUT2D eigenvalue weighted by atomic mass is 16.5. The molecule has 0 aromatic carbocycles. The van der Waals surface area contributed by atoms with Crippen molar-refractivity contribution in [2.24, 2.45) is 10.4 Å². The van der Waals surface area contributed by atoms with Crippen LogP contribution in [0.1, 0.15) is 57.2 Å². The summed E-state index contributed by atoms with van der Waals surface area (Å²) in [6.07, 6.45) is 7.88. The molecule has 24 heavy (non-hydrogen) atoms. The molecule has 1 aromatic rings. The highest BCUT2D eigenvalue weighted by molar-refractivity contribution is 5.80. The first-order chi connectivity index (χ1) is 11.7. The van der Waals surface area contributed by atoms with Crippen LogP contribution in [0.5, 0.6) is 0 Å². The maximum atomic E-state index is 6.02. The first-order valence-electron chi connectivity index (χ1n) is 9.06. The molecule has 2 aliphatic rings. The summed E-state index contributed by atoms with van der Waals surface area (Å²) in [6, 6.07) is 0.424. The predicted molar refractivity (Wildman–Crippen MR) is 91.7 cm³/mol. The summed E-state index contributed by atoms with van der Waals surface area (Å²) >= 11 is 0. The monoisotopic (exact) mass is 335 g/mol. The lowest BCUT2D eigenvalue weighted by atomic mass is 9.55. The summed E-state index contributed by atoms with van der Waals surface area (Å²) in [7, 11) is 1.79. The van der Waals surface area contributed by atoms with Crippen LogP contribution in [-0.4, -0.2) is 41.9 Å². The standard InChI is InChI=1S/C17H29N5O2/c1-4-23-14-10-13(17(14)8-6-5-7-9-17)21-16(18-3)19-11-15-20-12(2)24-22-15/h13-14H,4-11H2,1-3H3,(H2,18,19,21)/t13-,14+/m0/s1. The molecule has 2 saturated carbocycles. The first-order valence-corrected chi connectivity index (χ1v) is 9.06. The molecule has 2 atom stereocenters. The zero-order chi connectivity index (χ0) is 17.0. The largest absolute Gasteiger partial charge is 0.378 e. The van der Waals surface area contributed by atoms with Crippen molar-refractivity contribution in [1.29, 1.82) is 0 Å². The van der Waals surface area contributed by atoms with Crippen molar-refractivity contribution in [3.63, 3.8) is 0 Å². The second kappa shape index (κ2) is 7.51. The molecule has 2 aliphatic carbocycles. The van der Waals surface area contributed by atoms with Gasteiger partial charge in [0.05, 0.1) is 12.6 Å². The van der Waals surface area contributed by atoms with Crippen LogP contribution in [0.15, 0.2) is 9.52 Å². The van der Waals surface area contributed by atoms with Gasteiger partial charge in [0.1, 0.15) is 0 Å². The fourth-order valence-corrected chi connectivity index (χ4v) is 4.20. The summed E-state index contributed by atoms with van der Waals surface area (Å²) in [5, 5.41) is 10.8. The average molecular weight is 335 g/mol. The topological polar surface area (TPSA) is 84.6 Å². The van der Waals surface area contributed by atoms with Crippen LogP contribution in [0.3, 0.4) is 0 Å². The summed E-state index contributed by atoms with van der Waals surface area (Å²) in [6.45, 7) is 5.18. The van der Waals surface area contributed by atoms with E-state index in [1.165, 1.54) is 32.1 Å². The fourth-order valence-electron chi connectivity index (χ4n) is 4.20. The Bertz CT molecular complexity index is 565. The van der Waals surface area contributed by atoms with Crippen molar-refractivity contribution >= 4 is 5.96 Å². The number of hydrogen-bond acceptors (Lipinski definition) is 5. The Hall–Kier alpha value is -1.63. The molecule has 1 aromatic heterocycles. The number of hydrogen-bond donors (Lipinski definition) is 2. The van der Waals surface area contributed by atoms with Crippen LogP contribution in [0, 0.1) is 12.3 Å². The molecule has 0 amide bonds. The molecule has 0 radical (unpaired) electrons. The van der Waals surface area contributed by atoms with Gasteiger partial charge in [0.25, 0.3) is 0 Å². The Kier molecular flexibility index (Phi) is 5.38. The number of guanidine groups is 1. The summed E-state index contributed by atoms with van der Waals surface area (Å²) in [5.74, 6) is 2.01. The van der Waals surface area contributed by atoms with Gasteiger partial charge in [-0.3, -0.25) is 4.99 Å². The van der Waals surface area contributed by atoms with Crippen LogP contribution in [-0.2, 0) is 11.3 Å². The predicted octanol–water partition coefficient (Wildman–Crippen LogP) is 2.17. The minimum atomic E-state index is 0.272. The van der Waals surface area contributed by atoms with Crippen molar-refractivity contribution in [3.05, 3.63) is 11.7 Å². The van der Waals surface area contributed by atoms with Gasteiger partial charge in [-0.1, -0.05) is 24.4 Å².